The molecule has 0 spiro atoms. The number of hydrogen-bond donors (Lipinski definition) is 1. The van der Waals surface area contributed by atoms with Crippen LogP contribution in [0.4, 0.5) is 17.6 Å². The smallest absolute Gasteiger partial charge is 0.348 e. The van der Waals surface area contributed by atoms with Crippen molar-refractivity contribution in [3.8, 4) is 0 Å². The Morgan fingerprint density at radius 2 is 1.81 bits per heavy atom. The van der Waals surface area contributed by atoms with Crippen LogP contribution in [-0.2, 0) is 12.7 Å². The summed E-state index contributed by atoms with van der Waals surface area (Å²) in [4.78, 5) is 15.5. The summed E-state index contributed by atoms with van der Waals surface area (Å²) in [5.41, 5.74) is -1.29. The molecule has 0 fully saturated rings. The Kier molecular flexibility index (Phi) is 4.21. The molecule has 7 heteroatoms. The van der Waals surface area contributed by atoms with Gasteiger partial charge in [-0.1, -0.05) is 12.1 Å². The van der Waals surface area contributed by atoms with E-state index in [2.05, 4.69) is 10.3 Å². The van der Waals surface area contributed by atoms with Crippen LogP contribution < -0.4 is 5.32 Å². The Morgan fingerprint density at radius 1 is 1.14 bits per heavy atom. The number of aromatic nitrogens is 1. The molecule has 1 aromatic heterocycles. The number of carbonyl (C=O) groups excluding carboxylic acids is 1. The second kappa shape index (κ2) is 5.90. The van der Waals surface area contributed by atoms with E-state index in [0.29, 0.717) is 6.07 Å². The van der Waals surface area contributed by atoms with Crippen molar-refractivity contribution < 1.29 is 22.4 Å². The highest BCUT2D eigenvalue weighted by Gasteiger charge is 2.34. The molecule has 21 heavy (non-hydrogen) atoms. The fraction of sp³-hybridized carbons (Fsp3) is 0.143. The molecule has 1 N–H and O–H groups in total. The molecule has 1 amide bonds. The number of nitrogens with one attached hydrogen (secondary N) is 1. The average Bonchev–Trinajstić information content (AvgIpc) is 2.45. The number of benzene rings is 1. The summed E-state index contributed by atoms with van der Waals surface area (Å²) in [6.07, 6.45) is -1.96. The number of nitrogens with zero attached hydrogens (tertiary/aromatic N) is 1. The van der Waals surface area contributed by atoms with Crippen molar-refractivity contribution in [2.75, 3.05) is 0 Å². The number of amides is 1. The number of rotatable bonds is 3. The Morgan fingerprint density at radius 3 is 2.43 bits per heavy atom. The lowest BCUT2D eigenvalue weighted by molar-refractivity contribution is -0.140. The lowest BCUT2D eigenvalue weighted by Gasteiger charge is -2.11. The van der Waals surface area contributed by atoms with Gasteiger partial charge < -0.3 is 5.32 Å². The van der Waals surface area contributed by atoms with Crippen LogP contribution >= 0.6 is 0 Å². The Labute approximate surface area is 117 Å². The molecular weight excluding hydrogens is 288 g/mol. The lowest BCUT2D eigenvalue weighted by atomic mass is 10.1. The zero-order valence-corrected chi connectivity index (χ0v) is 10.6. The third-order valence-corrected chi connectivity index (χ3v) is 2.77. The normalized spacial score (nSPS) is 11.2. The van der Waals surface area contributed by atoms with Crippen molar-refractivity contribution in [3.05, 3.63) is 65.2 Å². The molecule has 0 saturated heterocycles. The predicted molar refractivity (Wildman–Crippen MR) is 66.8 cm³/mol. The van der Waals surface area contributed by atoms with Gasteiger partial charge in [-0.05, 0) is 18.2 Å². The van der Waals surface area contributed by atoms with Crippen LogP contribution in [0.2, 0.25) is 0 Å². The van der Waals surface area contributed by atoms with Crippen LogP contribution in [0.1, 0.15) is 21.5 Å². The van der Waals surface area contributed by atoms with E-state index in [4.69, 9.17) is 0 Å². The van der Waals surface area contributed by atoms with Gasteiger partial charge in [0.05, 0.1) is 5.56 Å². The van der Waals surface area contributed by atoms with E-state index in [0.717, 1.165) is 6.07 Å². The van der Waals surface area contributed by atoms with Crippen LogP contribution in [0.3, 0.4) is 0 Å². The van der Waals surface area contributed by atoms with Crippen molar-refractivity contribution in [2.24, 2.45) is 0 Å². The van der Waals surface area contributed by atoms with Gasteiger partial charge in [-0.15, -0.1) is 0 Å². The minimum absolute atomic E-state index is 0.229. The predicted octanol–water partition coefficient (Wildman–Crippen LogP) is 3.17. The maximum Gasteiger partial charge on any atom is 0.419 e. The minimum atomic E-state index is -4.77. The molecule has 110 valence electrons. The number of pyridine rings is 1. The second-order valence-electron chi connectivity index (χ2n) is 4.20. The van der Waals surface area contributed by atoms with Crippen LogP contribution in [0.15, 0.2) is 42.7 Å². The molecule has 2 rings (SSSR count). The van der Waals surface area contributed by atoms with E-state index in [1.807, 2.05) is 0 Å². The van der Waals surface area contributed by atoms with Gasteiger partial charge >= 0.3 is 6.18 Å². The van der Waals surface area contributed by atoms with Crippen molar-refractivity contribution >= 4 is 5.91 Å². The Bertz CT molecular complexity index is 641. The fourth-order valence-corrected chi connectivity index (χ4v) is 1.72. The summed E-state index contributed by atoms with van der Waals surface area (Å²) in [6.45, 7) is -0.336. The molecule has 1 aromatic carbocycles. The molecule has 0 unspecified atom stereocenters. The highest BCUT2D eigenvalue weighted by molar-refractivity contribution is 5.93. The van der Waals surface area contributed by atoms with E-state index < -0.39 is 23.5 Å². The zero-order valence-electron chi connectivity index (χ0n) is 10.6. The summed E-state index contributed by atoms with van der Waals surface area (Å²) in [6, 6.07) is 5.83. The largest absolute Gasteiger partial charge is 0.419 e. The number of alkyl halides is 3. The van der Waals surface area contributed by atoms with Crippen molar-refractivity contribution in [3.63, 3.8) is 0 Å². The minimum Gasteiger partial charge on any atom is -0.348 e. The maximum atomic E-state index is 13.7. The van der Waals surface area contributed by atoms with Crippen LogP contribution in [-0.4, -0.2) is 10.9 Å². The van der Waals surface area contributed by atoms with Crippen molar-refractivity contribution in [1.29, 1.82) is 0 Å². The zero-order chi connectivity index (χ0) is 15.5. The SMILES string of the molecule is O=C(NCc1cccc(C(F)(F)F)c1F)c1ccncc1. The summed E-state index contributed by atoms with van der Waals surface area (Å²) in [5.74, 6) is -1.89. The fourth-order valence-electron chi connectivity index (χ4n) is 1.72. The number of halogens is 4. The van der Waals surface area contributed by atoms with E-state index in [1.54, 1.807) is 0 Å². The molecule has 0 atom stereocenters. The van der Waals surface area contributed by atoms with Crippen LogP contribution in [0, 0.1) is 5.82 Å². The highest BCUT2D eigenvalue weighted by atomic mass is 19.4. The number of hydrogen-bond acceptors (Lipinski definition) is 2. The van der Waals surface area contributed by atoms with Gasteiger partial charge in [-0.2, -0.15) is 13.2 Å². The monoisotopic (exact) mass is 298 g/mol. The highest BCUT2D eigenvalue weighted by Crippen LogP contribution is 2.32. The second-order valence-corrected chi connectivity index (χ2v) is 4.20. The average molecular weight is 298 g/mol. The van der Waals surface area contributed by atoms with Crippen molar-refractivity contribution in [2.45, 2.75) is 12.7 Å². The van der Waals surface area contributed by atoms with E-state index in [9.17, 15) is 22.4 Å². The van der Waals surface area contributed by atoms with E-state index in [1.165, 1.54) is 30.6 Å². The molecule has 1 heterocycles. The molecule has 2 aromatic rings. The molecule has 0 aliphatic heterocycles. The molecule has 3 nitrogen and oxygen atoms in total. The first-order valence-electron chi connectivity index (χ1n) is 5.92. The molecule has 0 aliphatic rings. The van der Waals surface area contributed by atoms with Crippen LogP contribution in [0.25, 0.3) is 0 Å². The summed E-state index contributed by atoms with van der Waals surface area (Å²) in [5, 5.41) is 2.36. The quantitative estimate of drug-likeness (QED) is 0.884. The number of carbonyl (C=O) groups is 1. The van der Waals surface area contributed by atoms with Gasteiger partial charge in [0, 0.05) is 30.1 Å². The summed E-state index contributed by atoms with van der Waals surface area (Å²) in [7, 11) is 0. The molecule has 0 bridgehead atoms. The van der Waals surface area contributed by atoms with Crippen LogP contribution in [0.5, 0.6) is 0 Å². The molecular formula is C14H10F4N2O. The third-order valence-electron chi connectivity index (χ3n) is 2.77. The first-order valence-corrected chi connectivity index (χ1v) is 5.92. The van der Waals surface area contributed by atoms with Gasteiger partial charge in [0.15, 0.2) is 0 Å². The molecule has 0 aliphatic carbocycles. The van der Waals surface area contributed by atoms with Gasteiger partial charge in [0.1, 0.15) is 5.82 Å². The van der Waals surface area contributed by atoms with Gasteiger partial charge in [-0.3, -0.25) is 9.78 Å². The summed E-state index contributed by atoms with van der Waals surface area (Å²) >= 11 is 0. The Balaban J connectivity index is 2.13. The maximum absolute atomic E-state index is 13.7. The van der Waals surface area contributed by atoms with Gasteiger partial charge in [0.25, 0.3) is 5.91 Å². The van der Waals surface area contributed by atoms with Crippen molar-refractivity contribution in [1.82, 2.24) is 10.3 Å². The topological polar surface area (TPSA) is 42.0 Å². The first kappa shape index (κ1) is 15.0. The lowest BCUT2D eigenvalue weighted by Crippen LogP contribution is -2.24. The van der Waals surface area contributed by atoms with E-state index in [-0.39, 0.29) is 17.7 Å². The third kappa shape index (κ3) is 3.56. The standard InChI is InChI=1S/C14H10F4N2O/c15-12-10(2-1-3-11(12)14(16,17)18)8-20-13(21)9-4-6-19-7-5-9/h1-7H,8H2,(H,20,21). The Hall–Kier alpha value is -2.44. The summed E-state index contributed by atoms with van der Waals surface area (Å²) < 4.78 is 51.4. The van der Waals surface area contributed by atoms with Gasteiger partial charge in [-0.25, -0.2) is 4.39 Å². The molecule has 0 radical (unpaired) electrons. The van der Waals surface area contributed by atoms with E-state index >= 15 is 0 Å². The first-order chi connectivity index (χ1) is 9.89. The molecule has 0 saturated carbocycles. The van der Waals surface area contributed by atoms with Gasteiger partial charge in [0.2, 0.25) is 0 Å².